The lowest BCUT2D eigenvalue weighted by atomic mass is 10.1. The van der Waals surface area contributed by atoms with Gasteiger partial charge in [-0.25, -0.2) is 4.98 Å². The molecule has 1 aromatic heterocycles. The summed E-state index contributed by atoms with van der Waals surface area (Å²) in [5.74, 6) is 1.63. The van der Waals surface area contributed by atoms with E-state index in [-0.39, 0.29) is 12.2 Å². The number of guanidine groups is 1. The van der Waals surface area contributed by atoms with E-state index in [2.05, 4.69) is 26.3 Å². The van der Waals surface area contributed by atoms with Crippen LogP contribution in [0.15, 0.2) is 23.3 Å². The number of pyridine rings is 1. The summed E-state index contributed by atoms with van der Waals surface area (Å²) in [7, 11) is 1.83. The number of aliphatic imine (C=N–C) groups is 1. The minimum atomic E-state index is 0.128. The average Bonchev–Trinajstić information content (AvgIpc) is 3.44. The van der Waals surface area contributed by atoms with Crippen LogP contribution in [0, 0.1) is 0 Å². The molecule has 4 rings (SSSR count). The standard InChI is InChI=1S/C21H32N4O3/c1-22-21(25-10-12-27-19(15-25)18-7-4-11-26-18)24-14-16-8-9-20(23-13-16)28-17-5-2-3-6-17/h8-9,13,17-19H,2-7,10-12,14-15H2,1H3,(H,22,24). The fourth-order valence-electron chi connectivity index (χ4n) is 4.26. The zero-order valence-corrected chi connectivity index (χ0v) is 16.8. The summed E-state index contributed by atoms with van der Waals surface area (Å²) >= 11 is 0. The number of morpholine rings is 1. The lowest BCUT2D eigenvalue weighted by Gasteiger charge is -2.37. The molecular weight excluding hydrogens is 356 g/mol. The maximum absolute atomic E-state index is 5.94. The Kier molecular flexibility index (Phi) is 6.65. The molecule has 28 heavy (non-hydrogen) atoms. The van der Waals surface area contributed by atoms with Gasteiger partial charge in [-0.1, -0.05) is 6.07 Å². The number of hydrogen-bond donors (Lipinski definition) is 1. The van der Waals surface area contributed by atoms with E-state index in [0.717, 1.165) is 62.8 Å². The first-order valence-electron chi connectivity index (χ1n) is 10.6. The van der Waals surface area contributed by atoms with Gasteiger partial charge in [0.2, 0.25) is 5.88 Å². The number of nitrogens with one attached hydrogen (secondary N) is 1. The molecule has 3 heterocycles. The van der Waals surface area contributed by atoms with Crippen LogP contribution < -0.4 is 10.1 Å². The zero-order valence-electron chi connectivity index (χ0n) is 16.8. The van der Waals surface area contributed by atoms with Gasteiger partial charge in [0.05, 0.1) is 12.7 Å². The Hall–Kier alpha value is -1.86. The largest absolute Gasteiger partial charge is 0.474 e. The highest BCUT2D eigenvalue weighted by Gasteiger charge is 2.32. The molecule has 0 radical (unpaired) electrons. The van der Waals surface area contributed by atoms with Gasteiger partial charge in [0.15, 0.2) is 5.96 Å². The Bertz CT molecular complexity index is 640. The predicted molar refractivity (Wildman–Crippen MR) is 108 cm³/mol. The van der Waals surface area contributed by atoms with Crippen LogP contribution in [-0.4, -0.2) is 67.5 Å². The third-order valence-corrected chi connectivity index (χ3v) is 5.82. The second-order valence-corrected chi connectivity index (χ2v) is 7.84. The van der Waals surface area contributed by atoms with E-state index >= 15 is 0 Å². The van der Waals surface area contributed by atoms with Crippen LogP contribution in [0.3, 0.4) is 0 Å². The summed E-state index contributed by atoms with van der Waals surface area (Å²) in [6.07, 6.45) is 9.62. The van der Waals surface area contributed by atoms with E-state index in [1.165, 1.54) is 12.8 Å². The molecule has 0 amide bonds. The summed E-state index contributed by atoms with van der Waals surface area (Å²) in [5.41, 5.74) is 1.11. The van der Waals surface area contributed by atoms with Crippen LogP contribution in [0.5, 0.6) is 5.88 Å². The number of aromatic nitrogens is 1. The Morgan fingerprint density at radius 1 is 1.18 bits per heavy atom. The summed E-state index contributed by atoms with van der Waals surface area (Å²) in [5, 5.41) is 3.46. The van der Waals surface area contributed by atoms with Gasteiger partial charge < -0.3 is 24.4 Å². The van der Waals surface area contributed by atoms with E-state index in [1.54, 1.807) is 0 Å². The predicted octanol–water partition coefficient (Wildman–Crippen LogP) is 2.36. The van der Waals surface area contributed by atoms with Crippen molar-refractivity contribution in [2.24, 2.45) is 4.99 Å². The molecular formula is C21H32N4O3. The van der Waals surface area contributed by atoms with Crippen molar-refractivity contribution in [3.05, 3.63) is 23.9 Å². The van der Waals surface area contributed by atoms with Crippen LogP contribution in [0.2, 0.25) is 0 Å². The quantitative estimate of drug-likeness (QED) is 0.617. The first-order valence-corrected chi connectivity index (χ1v) is 10.6. The van der Waals surface area contributed by atoms with Crippen molar-refractivity contribution in [3.8, 4) is 5.88 Å². The highest BCUT2D eigenvalue weighted by atomic mass is 16.5. The van der Waals surface area contributed by atoms with Crippen molar-refractivity contribution < 1.29 is 14.2 Å². The Morgan fingerprint density at radius 2 is 2.04 bits per heavy atom. The summed E-state index contributed by atoms with van der Waals surface area (Å²) in [6.45, 7) is 3.91. The third-order valence-electron chi connectivity index (χ3n) is 5.82. The second kappa shape index (κ2) is 9.56. The van der Waals surface area contributed by atoms with E-state index < -0.39 is 0 Å². The summed E-state index contributed by atoms with van der Waals surface area (Å²) in [4.78, 5) is 11.2. The Morgan fingerprint density at radius 3 is 2.75 bits per heavy atom. The lowest BCUT2D eigenvalue weighted by molar-refractivity contribution is -0.0817. The van der Waals surface area contributed by atoms with Gasteiger partial charge in [0.1, 0.15) is 12.2 Å². The molecule has 7 nitrogen and oxygen atoms in total. The molecule has 1 N–H and O–H groups in total. The van der Waals surface area contributed by atoms with Crippen molar-refractivity contribution in [1.29, 1.82) is 0 Å². The maximum atomic E-state index is 5.94. The number of nitrogens with zero attached hydrogens (tertiary/aromatic N) is 3. The van der Waals surface area contributed by atoms with Crippen molar-refractivity contribution in [2.75, 3.05) is 33.4 Å². The monoisotopic (exact) mass is 388 g/mol. The highest BCUT2D eigenvalue weighted by Crippen LogP contribution is 2.23. The van der Waals surface area contributed by atoms with Gasteiger partial charge in [0.25, 0.3) is 0 Å². The van der Waals surface area contributed by atoms with Crippen LogP contribution in [0.4, 0.5) is 0 Å². The smallest absolute Gasteiger partial charge is 0.213 e. The van der Waals surface area contributed by atoms with E-state index in [4.69, 9.17) is 14.2 Å². The molecule has 1 aliphatic carbocycles. The van der Waals surface area contributed by atoms with E-state index in [1.807, 2.05) is 19.3 Å². The van der Waals surface area contributed by atoms with Gasteiger partial charge in [-0.3, -0.25) is 4.99 Å². The van der Waals surface area contributed by atoms with Crippen molar-refractivity contribution in [1.82, 2.24) is 15.2 Å². The van der Waals surface area contributed by atoms with Crippen LogP contribution in [-0.2, 0) is 16.0 Å². The molecule has 0 bridgehead atoms. The number of ether oxygens (including phenoxy) is 3. The first-order chi connectivity index (χ1) is 13.8. The van der Waals surface area contributed by atoms with E-state index in [9.17, 15) is 0 Å². The van der Waals surface area contributed by atoms with Gasteiger partial charge in [0, 0.05) is 45.6 Å². The Balaban J connectivity index is 1.27. The fraction of sp³-hybridized carbons (Fsp3) is 0.714. The van der Waals surface area contributed by atoms with Gasteiger partial charge in [-0.15, -0.1) is 0 Å². The normalized spacial score (nSPS) is 26.6. The average molecular weight is 389 g/mol. The minimum absolute atomic E-state index is 0.128. The molecule has 2 aliphatic heterocycles. The molecule has 154 valence electrons. The zero-order chi connectivity index (χ0) is 19.2. The van der Waals surface area contributed by atoms with Gasteiger partial charge in [-0.05, 0) is 44.1 Å². The van der Waals surface area contributed by atoms with E-state index in [0.29, 0.717) is 19.3 Å². The second-order valence-electron chi connectivity index (χ2n) is 7.84. The van der Waals surface area contributed by atoms with Crippen molar-refractivity contribution in [3.63, 3.8) is 0 Å². The number of rotatable bonds is 5. The lowest BCUT2D eigenvalue weighted by Crippen LogP contribution is -2.53. The topological polar surface area (TPSA) is 68.2 Å². The Labute approximate surface area is 167 Å². The maximum Gasteiger partial charge on any atom is 0.213 e. The molecule has 1 aromatic rings. The summed E-state index contributed by atoms with van der Waals surface area (Å²) < 4.78 is 17.7. The first kappa shape index (κ1) is 19.5. The van der Waals surface area contributed by atoms with Crippen LogP contribution >= 0.6 is 0 Å². The van der Waals surface area contributed by atoms with Crippen LogP contribution in [0.25, 0.3) is 0 Å². The third kappa shape index (κ3) is 4.94. The molecule has 2 atom stereocenters. The minimum Gasteiger partial charge on any atom is -0.474 e. The van der Waals surface area contributed by atoms with Crippen molar-refractivity contribution >= 4 is 5.96 Å². The SMILES string of the molecule is CN=C(NCc1ccc(OC2CCCC2)nc1)N1CCOC(C2CCCO2)C1. The van der Waals surface area contributed by atoms with Gasteiger partial charge in [-0.2, -0.15) is 0 Å². The molecule has 2 saturated heterocycles. The summed E-state index contributed by atoms with van der Waals surface area (Å²) in [6, 6.07) is 4.05. The molecule has 2 unspecified atom stereocenters. The molecule has 0 aromatic carbocycles. The molecule has 3 aliphatic rings. The molecule has 7 heteroatoms. The molecule has 1 saturated carbocycles. The van der Waals surface area contributed by atoms with Gasteiger partial charge >= 0.3 is 0 Å². The van der Waals surface area contributed by atoms with Crippen LogP contribution in [0.1, 0.15) is 44.1 Å². The fourth-order valence-corrected chi connectivity index (χ4v) is 4.26. The highest BCUT2D eigenvalue weighted by molar-refractivity contribution is 5.80. The molecule has 3 fully saturated rings. The molecule has 0 spiro atoms. The van der Waals surface area contributed by atoms with Crippen molar-refractivity contribution in [2.45, 2.75) is 63.4 Å². The number of hydrogen-bond acceptors (Lipinski definition) is 5.